The molecule has 0 saturated heterocycles. The lowest BCUT2D eigenvalue weighted by Gasteiger charge is -2.17. The average molecular weight is 258 g/mol. The molecule has 0 aromatic heterocycles. The van der Waals surface area contributed by atoms with Crippen molar-refractivity contribution in [3.05, 3.63) is 34.9 Å². The molecule has 0 spiro atoms. The van der Waals surface area contributed by atoms with Gasteiger partial charge in [-0.1, -0.05) is 18.2 Å². The Balaban J connectivity index is 1.62. The number of aryl methyl sites for hydroxylation is 2. The summed E-state index contributed by atoms with van der Waals surface area (Å²) in [6.07, 6.45) is 6.88. The zero-order valence-electron chi connectivity index (χ0n) is 11.4. The van der Waals surface area contributed by atoms with Crippen molar-refractivity contribution in [3.8, 4) is 0 Å². The topological polar surface area (TPSA) is 55.1 Å². The summed E-state index contributed by atoms with van der Waals surface area (Å²) in [5.41, 5.74) is 9.60. The van der Waals surface area contributed by atoms with Crippen LogP contribution in [0.5, 0.6) is 0 Å². The molecule has 2 aliphatic rings. The molecule has 102 valence electrons. The molecular formula is C16H22N2O. The van der Waals surface area contributed by atoms with Crippen LogP contribution in [0.3, 0.4) is 0 Å². The molecule has 0 aliphatic heterocycles. The van der Waals surface area contributed by atoms with Crippen LogP contribution in [0.4, 0.5) is 0 Å². The third-order valence-electron chi connectivity index (χ3n) is 4.59. The van der Waals surface area contributed by atoms with E-state index in [1.54, 1.807) is 0 Å². The van der Waals surface area contributed by atoms with Crippen molar-refractivity contribution in [2.45, 2.75) is 45.1 Å². The van der Waals surface area contributed by atoms with Gasteiger partial charge in [0.25, 0.3) is 0 Å². The lowest BCUT2D eigenvalue weighted by atomic mass is 9.90. The second kappa shape index (κ2) is 4.97. The highest BCUT2D eigenvalue weighted by Gasteiger charge is 2.48. The Morgan fingerprint density at radius 3 is 2.63 bits per heavy atom. The molecule has 0 bridgehead atoms. The van der Waals surface area contributed by atoms with E-state index in [-0.39, 0.29) is 11.3 Å². The van der Waals surface area contributed by atoms with E-state index >= 15 is 0 Å². The Morgan fingerprint density at radius 1 is 1.21 bits per heavy atom. The van der Waals surface area contributed by atoms with Crippen LogP contribution in [0.15, 0.2) is 18.2 Å². The van der Waals surface area contributed by atoms with Gasteiger partial charge in [-0.2, -0.15) is 0 Å². The number of hydrogen-bond donors (Lipinski definition) is 2. The van der Waals surface area contributed by atoms with Gasteiger partial charge in [0, 0.05) is 13.1 Å². The molecule has 3 heteroatoms. The summed E-state index contributed by atoms with van der Waals surface area (Å²) in [4.78, 5) is 12.0. The fourth-order valence-electron chi connectivity index (χ4n) is 2.94. The molecule has 0 atom stereocenters. The maximum atomic E-state index is 12.0. The number of carbonyl (C=O) groups excluding carboxylic acids is 1. The van der Waals surface area contributed by atoms with Gasteiger partial charge in [0.1, 0.15) is 0 Å². The number of rotatable bonds is 4. The summed E-state index contributed by atoms with van der Waals surface area (Å²) >= 11 is 0. The van der Waals surface area contributed by atoms with E-state index in [4.69, 9.17) is 5.73 Å². The molecular weight excluding hydrogens is 236 g/mol. The number of nitrogens with one attached hydrogen (secondary N) is 1. The SMILES string of the molecule is NCC1(C(=O)NCc2ccc3c(c2)CCCC3)CC1. The van der Waals surface area contributed by atoms with E-state index in [1.165, 1.54) is 42.4 Å². The quantitative estimate of drug-likeness (QED) is 0.867. The zero-order chi connectivity index (χ0) is 13.3. The Kier molecular flexibility index (Phi) is 3.31. The summed E-state index contributed by atoms with van der Waals surface area (Å²) in [6, 6.07) is 6.63. The lowest BCUT2D eigenvalue weighted by Crippen LogP contribution is -2.36. The first kappa shape index (κ1) is 12.7. The highest BCUT2D eigenvalue weighted by Crippen LogP contribution is 2.44. The highest BCUT2D eigenvalue weighted by molar-refractivity contribution is 5.85. The third kappa shape index (κ3) is 2.52. The van der Waals surface area contributed by atoms with Gasteiger partial charge in [-0.05, 0) is 55.2 Å². The van der Waals surface area contributed by atoms with Gasteiger partial charge >= 0.3 is 0 Å². The van der Waals surface area contributed by atoms with Crippen LogP contribution in [0.25, 0.3) is 0 Å². The first-order chi connectivity index (χ1) is 9.23. The van der Waals surface area contributed by atoms with Gasteiger partial charge < -0.3 is 11.1 Å². The predicted octanol–water partition coefficient (Wildman–Crippen LogP) is 1.92. The number of amides is 1. The summed E-state index contributed by atoms with van der Waals surface area (Å²) in [5, 5.41) is 3.04. The molecule has 1 aromatic rings. The van der Waals surface area contributed by atoms with Crippen LogP contribution >= 0.6 is 0 Å². The second-order valence-electron chi connectivity index (χ2n) is 5.98. The molecule has 3 nitrogen and oxygen atoms in total. The largest absolute Gasteiger partial charge is 0.352 e. The van der Waals surface area contributed by atoms with Crippen molar-refractivity contribution >= 4 is 5.91 Å². The second-order valence-corrected chi connectivity index (χ2v) is 5.98. The van der Waals surface area contributed by atoms with Crippen LogP contribution in [-0.4, -0.2) is 12.5 Å². The van der Waals surface area contributed by atoms with Gasteiger partial charge in [-0.25, -0.2) is 0 Å². The minimum absolute atomic E-state index is 0.132. The molecule has 3 N–H and O–H groups in total. The lowest BCUT2D eigenvalue weighted by molar-refractivity contribution is -0.126. The molecule has 1 aromatic carbocycles. The molecule has 0 heterocycles. The number of carbonyl (C=O) groups is 1. The van der Waals surface area contributed by atoms with E-state index in [9.17, 15) is 4.79 Å². The van der Waals surface area contributed by atoms with Crippen molar-refractivity contribution in [1.82, 2.24) is 5.32 Å². The van der Waals surface area contributed by atoms with Crippen LogP contribution < -0.4 is 11.1 Å². The van der Waals surface area contributed by atoms with Crippen molar-refractivity contribution in [1.29, 1.82) is 0 Å². The van der Waals surface area contributed by atoms with E-state index in [2.05, 4.69) is 23.5 Å². The zero-order valence-corrected chi connectivity index (χ0v) is 11.4. The smallest absolute Gasteiger partial charge is 0.227 e. The predicted molar refractivity (Wildman–Crippen MR) is 75.7 cm³/mol. The van der Waals surface area contributed by atoms with Crippen LogP contribution in [0.1, 0.15) is 42.4 Å². The van der Waals surface area contributed by atoms with Crippen LogP contribution in [0.2, 0.25) is 0 Å². The fraction of sp³-hybridized carbons (Fsp3) is 0.562. The minimum atomic E-state index is -0.242. The molecule has 0 radical (unpaired) electrons. The van der Waals surface area contributed by atoms with E-state index in [1.807, 2.05) is 0 Å². The summed E-state index contributed by atoms with van der Waals surface area (Å²) < 4.78 is 0. The van der Waals surface area contributed by atoms with Crippen molar-refractivity contribution in [2.24, 2.45) is 11.1 Å². The molecule has 1 fully saturated rings. The highest BCUT2D eigenvalue weighted by atomic mass is 16.2. The van der Waals surface area contributed by atoms with E-state index < -0.39 is 0 Å². The van der Waals surface area contributed by atoms with Gasteiger partial charge in [0.2, 0.25) is 5.91 Å². The molecule has 0 unspecified atom stereocenters. The molecule has 1 amide bonds. The third-order valence-corrected chi connectivity index (χ3v) is 4.59. The van der Waals surface area contributed by atoms with Crippen LogP contribution in [0, 0.1) is 5.41 Å². The Morgan fingerprint density at radius 2 is 1.95 bits per heavy atom. The molecule has 19 heavy (non-hydrogen) atoms. The molecule has 1 saturated carbocycles. The Bertz CT molecular complexity index is 492. The number of benzene rings is 1. The first-order valence-electron chi connectivity index (χ1n) is 7.33. The Hall–Kier alpha value is -1.35. The van der Waals surface area contributed by atoms with Gasteiger partial charge in [-0.15, -0.1) is 0 Å². The van der Waals surface area contributed by atoms with Gasteiger partial charge in [0.05, 0.1) is 5.41 Å². The van der Waals surface area contributed by atoms with Crippen molar-refractivity contribution in [3.63, 3.8) is 0 Å². The summed E-state index contributed by atoms with van der Waals surface area (Å²) in [6.45, 7) is 1.11. The monoisotopic (exact) mass is 258 g/mol. The number of nitrogens with two attached hydrogens (primary N) is 1. The summed E-state index contributed by atoms with van der Waals surface area (Å²) in [5.74, 6) is 0.132. The maximum absolute atomic E-state index is 12.0. The van der Waals surface area contributed by atoms with Crippen LogP contribution in [-0.2, 0) is 24.2 Å². The van der Waals surface area contributed by atoms with Gasteiger partial charge in [-0.3, -0.25) is 4.79 Å². The van der Waals surface area contributed by atoms with Gasteiger partial charge in [0.15, 0.2) is 0 Å². The minimum Gasteiger partial charge on any atom is -0.352 e. The molecule has 2 aliphatic carbocycles. The standard InChI is InChI=1S/C16H22N2O/c17-11-16(7-8-16)15(19)18-10-12-5-6-13-3-1-2-4-14(13)9-12/h5-6,9H,1-4,7-8,10-11,17H2,(H,18,19). The first-order valence-corrected chi connectivity index (χ1v) is 7.33. The number of hydrogen-bond acceptors (Lipinski definition) is 2. The Labute approximate surface area is 114 Å². The normalized spacial score (nSPS) is 19.6. The molecule has 3 rings (SSSR count). The maximum Gasteiger partial charge on any atom is 0.227 e. The van der Waals surface area contributed by atoms with E-state index in [0.717, 1.165) is 12.8 Å². The van der Waals surface area contributed by atoms with Crippen molar-refractivity contribution < 1.29 is 4.79 Å². The fourth-order valence-corrected chi connectivity index (χ4v) is 2.94. The van der Waals surface area contributed by atoms with E-state index in [0.29, 0.717) is 13.1 Å². The number of fused-ring (bicyclic) bond motifs is 1. The summed E-state index contributed by atoms with van der Waals surface area (Å²) in [7, 11) is 0. The van der Waals surface area contributed by atoms with Crippen molar-refractivity contribution in [2.75, 3.05) is 6.54 Å². The average Bonchev–Trinajstić information content (AvgIpc) is 3.25.